The first-order valence-electron chi connectivity index (χ1n) is 8.27. The molecule has 6 heteroatoms. The highest BCUT2D eigenvalue weighted by Gasteiger charge is 2.09. The first kappa shape index (κ1) is 15.0. The van der Waals surface area contributed by atoms with Gasteiger partial charge in [0.2, 0.25) is 0 Å². The molecule has 0 spiro atoms. The Morgan fingerprint density at radius 3 is 2.08 bits per heavy atom. The third-order valence-corrected chi connectivity index (χ3v) is 4.47. The second-order valence-electron chi connectivity index (χ2n) is 6.28. The fraction of sp³-hybridized carbons (Fsp3) is 0. The molecule has 4 radical (unpaired) electrons. The van der Waals surface area contributed by atoms with Gasteiger partial charge >= 0.3 is 0 Å². The fourth-order valence-corrected chi connectivity index (χ4v) is 3.12. The van der Waals surface area contributed by atoms with Crippen LogP contribution in [0.4, 0.5) is 0 Å². The summed E-state index contributed by atoms with van der Waals surface area (Å²) in [5.41, 5.74) is 7.73. The van der Waals surface area contributed by atoms with Gasteiger partial charge in [-0.2, -0.15) is 0 Å². The molecule has 0 unspecified atom stereocenters. The molecule has 0 saturated carbocycles. The number of aromatic amines is 2. The zero-order valence-electron chi connectivity index (χ0n) is 13.8. The lowest BCUT2D eigenvalue weighted by Crippen LogP contribution is -2.12. The summed E-state index contributed by atoms with van der Waals surface area (Å²) in [5.74, 6) is 0. The van der Waals surface area contributed by atoms with Crippen LogP contribution in [0.15, 0.2) is 36.4 Å². The lowest BCUT2D eigenvalue weighted by molar-refractivity contribution is 1.30. The third kappa shape index (κ3) is 2.51. The predicted molar refractivity (Wildman–Crippen MR) is 110 cm³/mol. The maximum atomic E-state index is 6.30. The highest BCUT2D eigenvalue weighted by Crippen LogP contribution is 2.15. The molecule has 0 amide bonds. The molecule has 0 aliphatic carbocycles. The Morgan fingerprint density at radius 2 is 1.23 bits per heavy atom. The van der Waals surface area contributed by atoms with E-state index in [0.29, 0.717) is 28.0 Å². The van der Waals surface area contributed by atoms with Gasteiger partial charge in [0.25, 0.3) is 0 Å². The summed E-state index contributed by atoms with van der Waals surface area (Å²) in [6.07, 6.45) is 7.56. The molecule has 5 rings (SSSR count). The number of nitrogens with one attached hydrogen (secondary N) is 2. The first-order valence-corrected chi connectivity index (χ1v) is 8.27. The van der Waals surface area contributed by atoms with Crippen molar-refractivity contribution in [2.24, 2.45) is 0 Å². The van der Waals surface area contributed by atoms with E-state index in [1.165, 1.54) is 0 Å². The average molecular weight is 330 g/mol. The van der Waals surface area contributed by atoms with Gasteiger partial charge < -0.3 is 9.97 Å². The summed E-state index contributed by atoms with van der Waals surface area (Å²) in [7, 11) is 12.6. The van der Waals surface area contributed by atoms with Crippen LogP contribution in [0.2, 0.25) is 0 Å². The number of nitrogens with zero attached hydrogens (tertiary/aromatic N) is 2. The SMILES string of the molecule is [B]c1c2nc(cc3ccc(cc4ccc([nH]4)c([B])c4nc1C=C4)[nH]3)C=C2. The smallest absolute Gasteiger partial charge is 0.119 e. The second kappa shape index (κ2) is 5.63. The summed E-state index contributed by atoms with van der Waals surface area (Å²) in [6, 6.07) is 12.0. The minimum absolute atomic E-state index is 0.531. The van der Waals surface area contributed by atoms with Crippen LogP contribution in [0.5, 0.6) is 0 Å². The molecule has 4 nitrogen and oxygen atoms in total. The fourth-order valence-electron chi connectivity index (χ4n) is 3.12. The number of fused-ring (bicyclic) bond motifs is 8. The topological polar surface area (TPSA) is 57.4 Å². The van der Waals surface area contributed by atoms with E-state index in [4.69, 9.17) is 15.7 Å². The van der Waals surface area contributed by atoms with Crippen molar-refractivity contribution >= 4 is 73.0 Å². The van der Waals surface area contributed by atoms with Crippen molar-refractivity contribution in [3.8, 4) is 0 Å². The summed E-state index contributed by atoms with van der Waals surface area (Å²) in [4.78, 5) is 15.8. The largest absolute Gasteiger partial charge is 0.356 e. The summed E-state index contributed by atoms with van der Waals surface area (Å²) < 4.78 is 0. The van der Waals surface area contributed by atoms with E-state index >= 15 is 0 Å². The number of rotatable bonds is 0. The molecule has 2 N–H and O–H groups in total. The van der Waals surface area contributed by atoms with Crippen molar-refractivity contribution < 1.29 is 0 Å². The Morgan fingerprint density at radius 1 is 0.615 bits per heavy atom. The van der Waals surface area contributed by atoms with Gasteiger partial charge in [0, 0.05) is 22.1 Å². The normalized spacial score (nSPS) is 12.6. The maximum absolute atomic E-state index is 6.30. The van der Waals surface area contributed by atoms with Crippen molar-refractivity contribution in [3.05, 3.63) is 59.2 Å². The first-order chi connectivity index (χ1) is 12.7. The molecule has 2 aliphatic rings. The second-order valence-corrected chi connectivity index (χ2v) is 6.28. The molecule has 0 aromatic carbocycles. The number of hydrogen-bond donors (Lipinski definition) is 2. The van der Waals surface area contributed by atoms with Gasteiger partial charge in [-0.05, 0) is 71.6 Å². The molecule has 26 heavy (non-hydrogen) atoms. The summed E-state index contributed by atoms with van der Waals surface area (Å²) in [5, 5.41) is 0. The van der Waals surface area contributed by atoms with E-state index in [1.54, 1.807) is 0 Å². The van der Waals surface area contributed by atoms with Gasteiger partial charge in [0.15, 0.2) is 0 Å². The van der Waals surface area contributed by atoms with Gasteiger partial charge in [-0.15, -0.1) is 0 Å². The van der Waals surface area contributed by atoms with Gasteiger partial charge in [-0.3, -0.25) is 4.98 Å². The van der Waals surface area contributed by atoms with E-state index in [1.807, 2.05) is 60.7 Å². The molecule has 8 bridgehead atoms. The monoisotopic (exact) mass is 330 g/mol. The number of aromatic nitrogens is 4. The van der Waals surface area contributed by atoms with Crippen molar-refractivity contribution in [3.63, 3.8) is 0 Å². The highest BCUT2D eigenvalue weighted by molar-refractivity contribution is 6.39. The predicted octanol–water partition coefficient (Wildman–Crippen LogP) is 2.24. The van der Waals surface area contributed by atoms with Gasteiger partial charge in [-0.1, -0.05) is 0 Å². The Kier molecular flexibility index (Phi) is 3.25. The van der Waals surface area contributed by atoms with Crippen LogP contribution in [0.25, 0.3) is 46.4 Å². The summed E-state index contributed by atoms with van der Waals surface area (Å²) in [6.45, 7) is 0. The van der Waals surface area contributed by atoms with Crippen molar-refractivity contribution in [1.29, 1.82) is 0 Å². The summed E-state index contributed by atoms with van der Waals surface area (Å²) >= 11 is 0. The van der Waals surface area contributed by atoms with Crippen molar-refractivity contribution in [2.75, 3.05) is 0 Å². The van der Waals surface area contributed by atoms with Crippen LogP contribution >= 0.6 is 0 Å². The van der Waals surface area contributed by atoms with Gasteiger partial charge in [0.05, 0.1) is 22.8 Å². The zero-order valence-corrected chi connectivity index (χ0v) is 13.8. The van der Waals surface area contributed by atoms with E-state index in [0.717, 1.165) is 27.8 Å². The van der Waals surface area contributed by atoms with E-state index in [9.17, 15) is 0 Å². The standard InChI is InChI=1S/C20H12B2N4/c21-19-15-5-3-13(24-15)9-11-1-2-12(23-11)10-14-4-6-16(25-14)20(22)18-8-7-17(19)26-18/h1-10,23-24H. The van der Waals surface area contributed by atoms with E-state index in [-0.39, 0.29) is 0 Å². The van der Waals surface area contributed by atoms with Crippen LogP contribution < -0.4 is 10.9 Å². The molecule has 3 aromatic heterocycles. The molecule has 0 fully saturated rings. The molecule has 3 aromatic rings. The zero-order chi connectivity index (χ0) is 17.7. The van der Waals surface area contributed by atoms with Gasteiger partial charge in [0.1, 0.15) is 15.7 Å². The molecule has 5 heterocycles. The van der Waals surface area contributed by atoms with Crippen LogP contribution in [0.3, 0.4) is 0 Å². The third-order valence-electron chi connectivity index (χ3n) is 4.47. The molecular formula is C20H12B2N4. The Labute approximate surface area is 152 Å². The molecule has 2 aliphatic heterocycles. The number of hydrogen-bond acceptors (Lipinski definition) is 2. The number of H-pyrrole nitrogens is 2. The van der Waals surface area contributed by atoms with Crippen LogP contribution in [-0.4, -0.2) is 35.6 Å². The minimum atomic E-state index is 0.531. The molecule has 0 saturated heterocycles. The molecular weight excluding hydrogens is 318 g/mol. The van der Waals surface area contributed by atoms with Gasteiger partial charge in [-0.25, -0.2) is 4.98 Å². The van der Waals surface area contributed by atoms with Crippen molar-refractivity contribution in [2.45, 2.75) is 0 Å². The lowest BCUT2D eigenvalue weighted by Gasteiger charge is -1.96. The van der Waals surface area contributed by atoms with Crippen molar-refractivity contribution in [1.82, 2.24) is 19.9 Å². The molecule has 0 atom stereocenters. The molecule has 118 valence electrons. The average Bonchev–Trinajstić information content (AvgIpc) is 3.41. The van der Waals surface area contributed by atoms with Crippen LogP contribution in [0, 0.1) is 0 Å². The minimum Gasteiger partial charge on any atom is -0.356 e. The quantitative estimate of drug-likeness (QED) is 0.428. The maximum Gasteiger partial charge on any atom is 0.119 e. The Hall–Kier alpha value is -3.27. The highest BCUT2D eigenvalue weighted by atomic mass is 14.8. The van der Waals surface area contributed by atoms with E-state index < -0.39 is 0 Å². The lowest BCUT2D eigenvalue weighted by atomic mass is 9.92. The van der Waals surface area contributed by atoms with E-state index in [2.05, 4.69) is 19.9 Å². The van der Waals surface area contributed by atoms with Crippen LogP contribution in [0.1, 0.15) is 22.8 Å². The Balaban J connectivity index is 1.91. The Bertz CT molecular complexity index is 1260. The van der Waals surface area contributed by atoms with Crippen LogP contribution in [-0.2, 0) is 0 Å².